The molecule has 1 heterocycles. The molecule has 0 saturated heterocycles. The van der Waals surface area contributed by atoms with Gasteiger partial charge in [0.1, 0.15) is 0 Å². The van der Waals surface area contributed by atoms with E-state index in [-0.39, 0.29) is 11.8 Å². The van der Waals surface area contributed by atoms with Crippen LogP contribution in [-0.4, -0.2) is 17.4 Å². The second kappa shape index (κ2) is 5.60. The Morgan fingerprint density at radius 1 is 1.44 bits per heavy atom. The lowest BCUT2D eigenvalue weighted by Gasteiger charge is -2.11. The van der Waals surface area contributed by atoms with Crippen molar-refractivity contribution in [1.82, 2.24) is 4.98 Å². The van der Waals surface area contributed by atoms with Crippen LogP contribution in [0.25, 0.3) is 10.9 Å². The minimum Gasteiger partial charge on any atom is -0.330 e. The molecule has 0 aliphatic heterocycles. The molecule has 94 valence electrons. The largest absolute Gasteiger partial charge is 0.330 e. The van der Waals surface area contributed by atoms with Crippen molar-refractivity contribution in [3.05, 3.63) is 36.5 Å². The zero-order chi connectivity index (χ0) is 13.0. The summed E-state index contributed by atoms with van der Waals surface area (Å²) >= 11 is 0. The fraction of sp³-hybridized carbons (Fsp3) is 0.286. The van der Waals surface area contributed by atoms with Crippen molar-refractivity contribution in [1.29, 1.82) is 0 Å². The molecule has 2 rings (SSSR count). The Bertz CT molecular complexity index is 553. The van der Waals surface area contributed by atoms with E-state index in [0.717, 1.165) is 16.6 Å². The molecule has 0 radical (unpaired) electrons. The van der Waals surface area contributed by atoms with Gasteiger partial charge in [0.2, 0.25) is 5.91 Å². The Morgan fingerprint density at radius 3 is 3.06 bits per heavy atom. The second-order valence-corrected chi connectivity index (χ2v) is 4.38. The molecule has 1 amide bonds. The van der Waals surface area contributed by atoms with Gasteiger partial charge in [0, 0.05) is 23.2 Å². The first-order valence-corrected chi connectivity index (χ1v) is 6.06. The first-order chi connectivity index (χ1) is 8.70. The predicted octanol–water partition coefficient (Wildman–Crippen LogP) is 2.16. The second-order valence-electron chi connectivity index (χ2n) is 4.38. The molecule has 0 saturated carbocycles. The van der Waals surface area contributed by atoms with Gasteiger partial charge in [0.15, 0.2) is 0 Å². The number of nitrogens with one attached hydrogen (secondary N) is 1. The molecule has 1 unspecified atom stereocenters. The van der Waals surface area contributed by atoms with Crippen LogP contribution >= 0.6 is 0 Å². The van der Waals surface area contributed by atoms with E-state index in [9.17, 15) is 4.79 Å². The lowest BCUT2D eigenvalue weighted by atomic mass is 10.1. The van der Waals surface area contributed by atoms with E-state index in [2.05, 4.69) is 10.3 Å². The number of nitrogens with zero attached hydrogens (tertiary/aromatic N) is 1. The smallest absolute Gasteiger partial charge is 0.227 e. The van der Waals surface area contributed by atoms with Crippen LogP contribution in [0.5, 0.6) is 0 Å². The molecule has 0 fully saturated rings. The van der Waals surface area contributed by atoms with Gasteiger partial charge in [-0.05, 0) is 37.2 Å². The Kier molecular flexibility index (Phi) is 3.89. The Balaban J connectivity index is 2.14. The summed E-state index contributed by atoms with van der Waals surface area (Å²) in [6.45, 7) is 2.40. The van der Waals surface area contributed by atoms with Crippen LogP contribution < -0.4 is 11.1 Å². The zero-order valence-electron chi connectivity index (χ0n) is 10.4. The summed E-state index contributed by atoms with van der Waals surface area (Å²) in [5.41, 5.74) is 7.16. The molecule has 3 N–H and O–H groups in total. The summed E-state index contributed by atoms with van der Waals surface area (Å²) in [6.07, 6.45) is 2.45. The van der Waals surface area contributed by atoms with Crippen LogP contribution in [0.3, 0.4) is 0 Å². The molecule has 4 heteroatoms. The molecule has 2 aromatic rings. The quantitative estimate of drug-likeness (QED) is 0.864. The maximum atomic E-state index is 11.9. The Labute approximate surface area is 106 Å². The summed E-state index contributed by atoms with van der Waals surface area (Å²) < 4.78 is 0. The van der Waals surface area contributed by atoms with Crippen LogP contribution in [0.4, 0.5) is 5.69 Å². The average Bonchev–Trinajstić information content (AvgIpc) is 2.39. The van der Waals surface area contributed by atoms with Gasteiger partial charge in [0.05, 0.1) is 5.52 Å². The van der Waals surface area contributed by atoms with Crippen LogP contribution in [-0.2, 0) is 4.79 Å². The summed E-state index contributed by atoms with van der Waals surface area (Å²) in [5.74, 6) is -0.0664. The van der Waals surface area contributed by atoms with Crippen molar-refractivity contribution >= 4 is 22.5 Å². The number of amides is 1. The summed E-state index contributed by atoms with van der Waals surface area (Å²) in [6, 6.07) is 9.54. The van der Waals surface area contributed by atoms with Crippen LogP contribution in [0.15, 0.2) is 36.5 Å². The maximum Gasteiger partial charge on any atom is 0.227 e. The molecule has 1 aromatic carbocycles. The number of benzene rings is 1. The van der Waals surface area contributed by atoms with Crippen molar-refractivity contribution in [2.24, 2.45) is 11.7 Å². The van der Waals surface area contributed by atoms with Crippen molar-refractivity contribution in [3.63, 3.8) is 0 Å². The van der Waals surface area contributed by atoms with Gasteiger partial charge >= 0.3 is 0 Å². The van der Waals surface area contributed by atoms with Crippen molar-refractivity contribution in [2.45, 2.75) is 13.3 Å². The lowest BCUT2D eigenvalue weighted by Crippen LogP contribution is -2.22. The highest BCUT2D eigenvalue weighted by Crippen LogP contribution is 2.17. The van der Waals surface area contributed by atoms with Gasteiger partial charge in [-0.3, -0.25) is 9.78 Å². The van der Waals surface area contributed by atoms with Crippen LogP contribution in [0.1, 0.15) is 13.3 Å². The maximum absolute atomic E-state index is 11.9. The first-order valence-electron chi connectivity index (χ1n) is 6.06. The van der Waals surface area contributed by atoms with E-state index in [1.165, 1.54) is 0 Å². The minimum atomic E-state index is -0.0698. The molecular formula is C14H17N3O. The van der Waals surface area contributed by atoms with Gasteiger partial charge in [-0.25, -0.2) is 0 Å². The molecular weight excluding hydrogens is 226 g/mol. The van der Waals surface area contributed by atoms with Gasteiger partial charge in [-0.15, -0.1) is 0 Å². The van der Waals surface area contributed by atoms with Gasteiger partial charge < -0.3 is 11.1 Å². The molecule has 1 aromatic heterocycles. The number of hydrogen-bond acceptors (Lipinski definition) is 3. The highest BCUT2D eigenvalue weighted by atomic mass is 16.1. The van der Waals surface area contributed by atoms with Gasteiger partial charge in [-0.1, -0.05) is 13.0 Å². The third-order valence-electron chi connectivity index (χ3n) is 2.92. The van der Waals surface area contributed by atoms with E-state index >= 15 is 0 Å². The molecule has 0 bridgehead atoms. The number of aromatic nitrogens is 1. The molecule has 0 aliphatic rings. The van der Waals surface area contributed by atoms with E-state index in [1.807, 2.05) is 37.3 Å². The SMILES string of the molecule is CC(CCN)C(=O)Nc1ccc2ncccc2c1. The molecule has 1 atom stereocenters. The molecule has 18 heavy (non-hydrogen) atoms. The molecule has 0 aliphatic carbocycles. The third-order valence-corrected chi connectivity index (χ3v) is 2.92. The minimum absolute atomic E-state index is 0.00342. The number of carbonyl (C=O) groups is 1. The fourth-order valence-corrected chi connectivity index (χ4v) is 1.80. The van der Waals surface area contributed by atoms with E-state index < -0.39 is 0 Å². The number of carbonyl (C=O) groups excluding carboxylic acids is 1. The Hall–Kier alpha value is -1.94. The lowest BCUT2D eigenvalue weighted by molar-refractivity contribution is -0.119. The zero-order valence-corrected chi connectivity index (χ0v) is 10.4. The normalized spacial score (nSPS) is 12.3. The summed E-state index contributed by atoms with van der Waals surface area (Å²) in [5, 5.41) is 3.91. The predicted molar refractivity (Wildman–Crippen MR) is 73.2 cm³/mol. The number of pyridine rings is 1. The fourth-order valence-electron chi connectivity index (χ4n) is 1.80. The van der Waals surface area contributed by atoms with E-state index in [4.69, 9.17) is 5.73 Å². The standard InChI is InChI=1S/C14H17N3O/c1-10(6-7-15)14(18)17-12-4-5-13-11(9-12)3-2-8-16-13/h2-5,8-10H,6-7,15H2,1H3,(H,17,18). The topological polar surface area (TPSA) is 68.0 Å². The van der Waals surface area contributed by atoms with E-state index in [1.54, 1.807) is 6.20 Å². The number of hydrogen-bond donors (Lipinski definition) is 2. The Morgan fingerprint density at radius 2 is 2.28 bits per heavy atom. The number of fused-ring (bicyclic) bond motifs is 1. The average molecular weight is 243 g/mol. The summed E-state index contributed by atoms with van der Waals surface area (Å²) in [4.78, 5) is 16.1. The summed E-state index contributed by atoms with van der Waals surface area (Å²) in [7, 11) is 0. The highest BCUT2D eigenvalue weighted by Gasteiger charge is 2.11. The first kappa shape index (κ1) is 12.5. The van der Waals surface area contributed by atoms with Crippen molar-refractivity contribution in [3.8, 4) is 0 Å². The molecule has 4 nitrogen and oxygen atoms in total. The van der Waals surface area contributed by atoms with Crippen LogP contribution in [0.2, 0.25) is 0 Å². The van der Waals surface area contributed by atoms with E-state index in [0.29, 0.717) is 13.0 Å². The van der Waals surface area contributed by atoms with Crippen LogP contribution in [0, 0.1) is 5.92 Å². The number of nitrogens with two attached hydrogens (primary N) is 1. The van der Waals surface area contributed by atoms with Crippen molar-refractivity contribution in [2.75, 3.05) is 11.9 Å². The monoisotopic (exact) mass is 243 g/mol. The highest BCUT2D eigenvalue weighted by molar-refractivity contribution is 5.94. The molecule has 0 spiro atoms. The van der Waals surface area contributed by atoms with Gasteiger partial charge in [-0.2, -0.15) is 0 Å². The number of anilines is 1. The van der Waals surface area contributed by atoms with Crippen molar-refractivity contribution < 1.29 is 4.79 Å². The number of rotatable bonds is 4. The third kappa shape index (κ3) is 2.84. The van der Waals surface area contributed by atoms with Gasteiger partial charge in [0.25, 0.3) is 0 Å².